The van der Waals surface area contributed by atoms with Crippen molar-refractivity contribution in [3.05, 3.63) is 270 Å². The van der Waals surface area contributed by atoms with Crippen LogP contribution in [0.15, 0.2) is 237 Å². The highest BCUT2D eigenvalue weighted by atomic mass is 16.5. The van der Waals surface area contributed by atoms with Crippen LogP contribution >= 0.6 is 0 Å². The molecule has 0 unspecified atom stereocenters. The predicted molar refractivity (Wildman–Crippen MR) is 279 cm³/mol. The molecule has 0 atom stereocenters. The minimum absolute atomic E-state index is 0.743. The number of anilines is 3. The molecule has 0 saturated carbocycles. The molecule has 0 bridgehead atoms. The van der Waals surface area contributed by atoms with Crippen molar-refractivity contribution in [2.45, 2.75) is 19.3 Å². The molecule has 1 spiro atoms. The summed E-state index contributed by atoms with van der Waals surface area (Å²) in [6.45, 7) is 4.43. The van der Waals surface area contributed by atoms with E-state index >= 15 is 0 Å². The van der Waals surface area contributed by atoms with Gasteiger partial charge >= 0.3 is 0 Å². The van der Waals surface area contributed by atoms with Crippen LogP contribution in [0.25, 0.3) is 66.1 Å². The molecule has 11 aromatic rings. The molecule has 2 aliphatic rings. The molecule has 2 heterocycles. The lowest BCUT2D eigenvalue weighted by Gasteiger charge is -2.49. The van der Waals surface area contributed by atoms with Crippen LogP contribution in [0.1, 0.15) is 33.4 Å². The number of benzene rings is 11. The van der Waals surface area contributed by atoms with Crippen LogP contribution in [0.2, 0.25) is 0 Å². The predicted octanol–water partition coefficient (Wildman–Crippen LogP) is 17.5. The van der Waals surface area contributed by atoms with Crippen molar-refractivity contribution in [3.63, 3.8) is 0 Å². The highest BCUT2D eigenvalue weighted by Gasteiger charge is 2.51. The molecular formula is C65H45NO. The molecule has 2 aliphatic heterocycles. The normalized spacial score (nSPS) is 13.1. The van der Waals surface area contributed by atoms with E-state index in [1.54, 1.807) is 0 Å². The van der Waals surface area contributed by atoms with Crippen LogP contribution in [0.4, 0.5) is 17.1 Å². The summed E-state index contributed by atoms with van der Waals surface area (Å²) >= 11 is 0. The quantitative estimate of drug-likeness (QED) is 0.160. The van der Waals surface area contributed by atoms with Gasteiger partial charge in [-0.2, -0.15) is 0 Å². The van der Waals surface area contributed by atoms with Gasteiger partial charge in [-0.3, -0.25) is 0 Å². The number of hydrogen-bond donors (Lipinski definition) is 0. The summed E-state index contributed by atoms with van der Waals surface area (Å²) in [5.74, 6) is 1.74. The van der Waals surface area contributed by atoms with Crippen molar-refractivity contribution >= 4 is 38.6 Å². The van der Waals surface area contributed by atoms with E-state index in [-0.39, 0.29) is 0 Å². The molecule has 0 amide bonds. The first kappa shape index (κ1) is 39.0. The molecule has 0 fully saturated rings. The van der Waals surface area contributed by atoms with Gasteiger partial charge in [-0.25, -0.2) is 0 Å². The van der Waals surface area contributed by atoms with E-state index in [0.717, 1.165) is 39.7 Å². The van der Waals surface area contributed by atoms with Crippen molar-refractivity contribution in [1.82, 2.24) is 0 Å². The Morgan fingerprint density at radius 3 is 1.28 bits per heavy atom. The van der Waals surface area contributed by atoms with Gasteiger partial charge < -0.3 is 9.64 Å². The molecule has 2 nitrogen and oxygen atoms in total. The maximum Gasteiger partial charge on any atom is 0.132 e. The van der Waals surface area contributed by atoms with Crippen molar-refractivity contribution < 1.29 is 4.74 Å². The first-order valence-electron chi connectivity index (χ1n) is 23.3. The van der Waals surface area contributed by atoms with Gasteiger partial charge in [0.25, 0.3) is 0 Å². The van der Waals surface area contributed by atoms with Gasteiger partial charge in [0.05, 0.1) is 16.8 Å². The monoisotopic (exact) mass is 855 g/mol. The van der Waals surface area contributed by atoms with Gasteiger partial charge in [-0.05, 0) is 151 Å². The van der Waals surface area contributed by atoms with Gasteiger partial charge in [0.1, 0.15) is 11.5 Å². The third-order valence-electron chi connectivity index (χ3n) is 14.4. The van der Waals surface area contributed by atoms with Crippen molar-refractivity contribution in [2.75, 3.05) is 4.90 Å². The first-order chi connectivity index (χ1) is 33.1. The zero-order valence-electron chi connectivity index (χ0n) is 37.4. The van der Waals surface area contributed by atoms with Gasteiger partial charge in [0.2, 0.25) is 0 Å². The fraction of sp³-hybridized carbons (Fsp3) is 0.0462. The third-order valence-corrected chi connectivity index (χ3v) is 14.4. The van der Waals surface area contributed by atoms with Crippen LogP contribution in [-0.2, 0) is 5.41 Å². The number of hydrogen-bond acceptors (Lipinski definition) is 2. The second kappa shape index (κ2) is 15.3. The number of fused-ring (bicyclic) bond motifs is 10. The highest BCUT2D eigenvalue weighted by molar-refractivity contribution is 6.22. The average molecular weight is 856 g/mol. The van der Waals surface area contributed by atoms with E-state index in [1.165, 1.54) is 88.3 Å². The molecule has 0 radical (unpaired) electrons. The molecule has 0 N–H and O–H groups in total. The number of para-hydroxylation sites is 2. The van der Waals surface area contributed by atoms with Gasteiger partial charge in [0.15, 0.2) is 0 Å². The molecule has 2 heteroatoms. The Bertz CT molecular complexity index is 3610. The summed E-state index contributed by atoms with van der Waals surface area (Å²) in [6.07, 6.45) is 0. The van der Waals surface area contributed by atoms with Gasteiger partial charge in [0, 0.05) is 16.8 Å². The summed E-state index contributed by atoms with van der Waals surface area (Å²) in [5, 5.41) is 4.91. The topological polar surface area (TPSA) is 12.5 Å². The van der Waals surface area contributed by atoms with E-state index in [2.05, 4.69) is 255 Å². The van der Waals surface area contributed by atoms with Crippen molar-refractivity contribution in [2.24, 2.45) is 0 Å². The van der Waals surface area contributed by atoms with Crippen LogP contribution in [0.3, 0.4) is 0 Å². The molecule has 0 saturated heterocycles. The Morgan fingerprint density at radius 1 is 0.328 bits per heavy atom. The van der Waals surface area contributed by atoms with E-state index < -0.39 is 5.41 Å². The largest absolute Gasteiger partial charge is 0.457 e. The smallest absolute Gasteiger partial charge is 0.132 e. The lowest BCUT2D eigenvalue weighted by molar-refractivity contribution is 0.434. The second-order valence-electron chi connectivity index (χ2n) is 18.0. The summed E-state index contributed by atoms with van der Waals surface area (Å²) in [5.41, 5.74) is 19.4. The molecule has 316 valence electrons. The summed E-state index contributed by atoms with van der Waals surface area (Å²) in [4.78, 5) is 2.53. The molecule has 0 aromatic heterocycles. The fourth-order valence-electron chi connectivity index (χ4n) is 11.5. The maximum absolute atomic E-state index is 6.89. The molecule has 0 aliphatic carbocycles. The Balaban J connectivity index is 1.18. The Hall–Kier alpha value is -8.46. The van der Waals surface area contributed by atoms with Crippen molar-refractivity contribution in [3.8, 4) is 56.0 Å². The highest BCUT2D eigenvalue weighted by Crippen LogP contribution is 2.64. The Labute approximate surface area is 391 Å². The maximum atomic E-state index is 6.89. The zero-order chi connectivity index (χ0) is 44.6. The Kier molecular flexibility index (Phi) is 8.91. The van der Waals surface area contributed by atoms with E-state index in [4.69, 9.17) is 4.74 Å². The SMILES string of the molecule is Cc1ccccc1-c1ccc2c(c1)C1(c3ccccc3Oc3ccccc31)c1cc(-c3ccccc3C)ccc1N2c1ccc2c(-c3ccccc3)c3ccccc3c(-c3ccccc3)c2c1. The average Bonchev–Trinajstić information content (AvgIpc) is 3.38. The van der Waals surface area contributed by atoms with Crippen LogP contribution < -0.4 is 9.64 Å². The summed E-state index contributed by atoms with van der Waals surface area (Å²) in [7, 11) is 0. The van der Waals surface area contributed by atoms with Gasteiger partial charge in [-0.1, -0.05) is 188 Å². The molecular weight excluding hydrogens is 811 g/mol. The molecule has 13 rings (SSSR count). The van der Waals surface area contributed by atoms with Crippen LogP contribution in [0, 0.1) is 13.8 Å². The van der Waals surface area contributed by atoms with E-state index in [1.807, 2.05) is 0 Å². The number of rotatable bonds is 5. The Morgan fingerprint density at radius 2 is 0.761 bits per heavy atom. The van der Waals surface area contributed by atoms with Crippen LogP contribution in [0.5, 0.6) is 11.5 Å². The van der Waals surface area contributed by atoms with E-state index in [0.29, 0.717) is 0 Å². The number of aryl methyl sites for hydroxylation is 2. The summed E-state index contributed by atoms with van der Waals surface area (Å²) < 4.78 is 6.89. The lowest BCUT2D eigenvalue weighted by atomic mass is 9.60. The standard InChI is InChI=1S/C65H45NO/c1-42-19-9-11-25-49(42)46-33-37-59-57(39-46)65(55-29-15-17-31-61(55)67-62-32-18-16-30-56(62)65)58-40-47(50-26-12-10-20-43(50)2)34-38-60(58)66(59)48-35-36-53-54(41-48)64(45-23-7-4-8-24-45)52-28-14-13-27-51(52)63(53)44-21-5-3-6-22-44/h3-41H,1-2H3. The van der Waals surface area contributed by atoms with Gasteiger partial charge in [-0.15, -0.1) is 0 Å². The first-order valence-corrected chi connectivity index (χ1v) is 23.3. The second-order valence-corrected chi connectivity index (χ2v) is 18.0. The van der Waals surface area contributed by atoms with Crippen molar-refractivity contribution in [1.29, 1.82) is 0 Å². The lowest BCUT2D eigenvalue weighted by Crippen LogP contribution is -2.39. The van der Waals surface area contributed by atoms with E-state index in [9.17, 15) is 0 Å². The number of ether oxygens (including phenoxy) is 1. The number of nitrogens with zero attached hydrogens (tertiary/aromatic N) is 1. The minimum atomic E-state index is -0.743. The summed E-state index contributed by atoms with van der Waals surface area (Å²) in [6, 6.07) is 87.1. The molecule has 67 heavy (non-hydrogen) atoms. The molecule has 11 aromatic carbocycles. The zero-order valence-corrected chi connectivity index (χ0v) is 37.4. The van der Waals surface area contributed by atoms with Crippen LogP contribution in [-0.4, -0.2) is 0 Å². The fourth-order valence-corrected chi connectivity index (χ4v) is 11.5. The third kappa shape index (κ3) is 5.89. The minimum Gasteiger partial charge on any atom is -0.457 e.